The molecule has 2 aromatic heterocycles. The minimum atomic E-state index is -4.74. The molecule has 0 fully saturated rings. The van der Waals surface area contributed by atoms with Crippen molar-refractivity contribution < 1.29 is 22.7 Å². The third kappa shape index (κ3) is 4.18. The van der Waals surface area contributed by atoms with Gasteiger partial charge in [0.1, 0.15) is 5.75 Å². The van der Waals surface area contributed by atoms with Crippen LogP contribution in [0.3, 0.4) is 0 Å². The second-order valence-electron chi connectivity index (χ2n) is 6.72. The zero-order valence-corrected chi connectivity index (χ0v) is 16.4. The van der Waals surface area contributed by atoms with Crippen LogP contribution < -0.4 is 10.1 Å². The number of anilines is 1. The van der Waals surface area contributed by atoms with E-state index in [-0.39, 0.29) is 11.5 Å². The number of hydrogen-bond acceptors (Lipinski definition) is 5. The zero-order chi connectivity index (χ0) is 22.2. The number of hydrogen-bond donors (Lipinski definition) is 1. The molecule has 0 saturated carbocycles. The van der Waals surface area contributed by atoms with Gasteiger partial charge in [-0.3, -0.25) is 4.79 Å². The number of halogens is 3. The fourth-order valence-corrected chi connectivity index (χ4v) is 2.90. The van der Waals surface area contributed by atoms with Gasteiger partial charge < -0.3 is 10.1 Å². The summed E-state index contributed by atoms with van der Waals surface area (Å²) in [6.45, 7) is 1.89. The minimum absolute atomic E-state index is 0.0420. The lowest BCUT2D eigenvalue weighted by molar-refractivity contribution is -0.142. The van der Waals surface area contributed by atoms with Crippen LogP contribution in [0.4, 0.5) is 18.9 Å². The molecular weight excluding hydrogens is 411 g/mol. The minimum Gasteiger partial charge on any atom is -0.497 e. The van der Waals surface area contributed by atoms with Crippen molar-refractivity contribution in [3.8, 4) is 17.0 Å². The second-order valence-corrected chi connectivity index (χ2v) is 6.72. The van der Waals surface area contributed by atoms with Crippen LogP contribution in [0.1, 0.15) is 21.9 Å². The number of amides is 1. The maximum absolute atomic E-state index is 13.7. The van der Waals surface area contributed by atoms with Crippen molar-refractivity contribution in [3.05, 3.63) is 71.7 Å². The largest absolute Gasteiger partial charge is 0.497 e. The average Bonchev–Trinajstić information content (AvgIpc) is 3.18. The number of carbonyl (C=O) groups excluding carboxylic acids is 1. The molecule has 0 aliphatic carbocycles. The SMILES string of the molecule is COc1ccc(-c2cc(C(F)(F)F)n3nc(C(=O)Nc4ccc(C)cc4)nc3n2)cc1. The molecule has 2 heterocycles. The molecule has 0 atom stereocenters. The van der Waals surface area contributed by atoms with Crippen molar-refractivity contribution in [1.29, 1.82) is 0 Å². The third-order valence-corrected chi connectivity index (χ3v) is 4.50. The van der Waals surface area contributed by atoms with Gasteiger partial charge >= 0.3 is 6.18 Å². The summed E-state index contributed by atoms with van der Waals surface area (Å²) in [5.41, 5.74) is 0.847. The Labute approximate surface area is 174 Å². The third-order valence-electron chi connectivity index (χ3n) is 4.50. The van der Waals surface area contributed by atoms with Gasteiger partial charge in [0, 0.05) is 11.3 Å². The van der Waals surface area contributed by atoms with Gasteiger partial charge in [0.15, 0.2) is 5.69 Å². The summed E-state index contributed by atoms with van der Waals surface area (Å²) in [4.78, 5) is 20.6. The number of fused-ring (bicyclic) bond motifs is 1. The maximum Gasteiger partial charge on any atom is 0.433 e. The molecule has 4 aromatic rings. The predicted molar refractivity (Wildman–Crippen MR) is 107 cm³/mol. The summed E-state index contributed by atoms with van der Waals surface area (Å²) >= 11 is 0. The van der Waals surface area contributed by atoms with Crippen LogP contribution in [0.25, 0.3) is 17.0 Å². The molecule has 0 bridgehead atoms. The van der Waals surface area contributed by atoms with Crippen LogP contribution >= 0.6 is 0 Å². The van der Waals surface area contributed by atoms with Crippen molar-refractivity contribution in [2.24, 2.45) is 0 Å². The Hall–Kier alpha value is -3.95. The van der Waals surface area contributed by atoms with Gasteiger partial charge in [-0.1, -0.05) is 17.7 Å². The molecule has 31 heavy (non-hydrogen) atoms. The van der Waals surface area contributed by atoms with Crippen LogP contribution in [0, 0.1) is 6.92 Å². The summed E-state index contributed by atoms with van der Waals surface area (Å²) in [5.74, 6) is -0.952. The zero-order valence-electron chi connectivity index (χ0n) is 16.4. The van der Waals surface area contributed by atoms with E-state index in [1.165, 1.54) is 7.11 Å². The first-order valence-electron chi connectivity index (χ1n) is 9.12. The van der Waals surface area contributed by atoms with Crippen molar-refractivity contribution in [3.63, 3.8) is 0 Å². The number of aromatic nitrogens is 4. The average molecular weight is 427 g/mol. The predicted octanol–water partition coefficient (Wildman–Crippen LogP) is 4.38. The lowest BCUT2D eigenvalue weighted by Crippen LogP contribution is -2.16. The first kappa shape index (κ1) is 20.3. The first-order valence-corrected chi connectivity index (χ1v) is 9.12. The Morgan fingerprint density at radius 1 is 1.03 bits per heavy atom. The van der Waals surface area contributed by atoms with Crippen LogP contribution in [-0.4, -0.2) is 32.6 Å². The molecule has 0 aliphatic rings. The monoisotopic (exact) mass is 427 g/mol. The lowest BCUT2D eigenvalue weighted by atomic mass is 10.1. The smallest absolute Gasteiger partial charge is 0.433 e. The van der Waals surface area contributed by atoms with E-state index in [0.717, 1.165) is 11.6 Å². The standard InChI is InChI=1S/C21H16F3N5O2/c1-12-3-7-14(8-4-12)25-19(30)18-27-20-26-16(13-5-9-15(31-2)10-6-13)11-17(21(22,23)24)29(20)28-18/h3-11H,1-2H3,(H,25,30). The number of aryl methyl sites for hydroxylation is 1. The van der Waals surface area contributed by atoms with Crippen molar-refractivity contribution in [2.45, 2.75) is 13.1 Å². The molecule has 1 amide bonds. The summed E-state index contributed by atoms with van der Waals surface area (Å²) in [6.07, 6.45) is -4.74. The van der Waals surface area contributed by atoms with E-state index < -0.39 is 23.6 Å². The summed E-state index contributed by atoms with van der Waals surface area (Å²) < 4.78 is 46.7. The topological polar surface area (TPSA) is 81.4 Å². The highest BCUT2D eigenvalue weighted by atomic mass is 19.4. The highest BCUT2D eigenvalue weighted by molar-refractivity contribution is 6.01. The lowest BCUT2D eigenvalue weighted by Gasteiger charge is -2.10. The van der Waals surface area contributed by atoms with Crippen LogP contribution in [0.5, 0.6) is 5.75 Å². The van der Waals surface area contributed by atoms with Gasteiger partial charge in [0.05, 0.1) is 12.8 Å². The number of ether oxygens (including phenoxy) is 1. The fraction of sp³-hybridized carbons (Fsp3) is 0.143. The Morgan fingerprint density at radius 3 is 2.32 bits per heavy atom. The molecular formula is C21H16F3N5O2. The van der Waals surface area contributed by atoms with Crippen molar-refractivity contribution in [2.75, 3.05) is 12.4 Å². The van der Waals surface area contributed by atoms with Crippen LogP contribution in [0.2, 0.25) is 0 Å². The van der Waals surface area contributed by atoms with E-state index in [0.29, 0.717) is 21.5 Å². The number of methoxy groups -OCH3 is 1. The van der Waals surface area contributed by atoms with Crippen molar-refractivity contribution >= 4 is 17.4 Å². The molecule has 4 rings (SSSR count). The van der Waals surface area contributed by atoms with E-state index in [4.69, 9.17) is 4.74 Å². The number of carbonyl (C=O) groups is 1. The first-order chi connectivity index (χ1) is 14.7. The molecule has 0 aliphatic heterocycles. The molecule has 7 nitrogen and oxygen atoms in total. The number of alkyl halides is 3. The fourth-order valence-electron chi connectivity index (χ4n) is 2.90. The molecule has 0 unspecified atom stereocenters. The normalized spacial score (nSPS) is 11.5. The van der Waals surface area contributed by atoms with Crippen molar-refractivity contribution in [1.82, 2.24) is 19.6 Å². The van der Waals surface area contributed by atoms with Gasteiger partial charge in [-0.25, -0.2) is 4.98 Å². The Bertz CT molecular complexity index is 1250. The van der Waals surface area contributed by atoms with E-state index >= 15 is 0 Å². The molecule has 0 radical (unpaired) electrons. The second kappa shape index (κ2) is 7.71. The number of rotatable bonds is 4. The molecule has 0 saturated heterocycles. The number of benzene rings is 2. The van der Waals surface area contributed by atoms with Crippen LogP contribution in [0.15, 0.2) is 54.6 Å². The highest BCUT2D eigenvalue weighted by Gasteiger charge is 2.36. The van der Waals surface area contributed by atoms with Gasteiger partial charge in [-0.2, -0.15) is 22.7 Å². The Morgan fingerprint density at radius 2 is 1.71 bits per heavy atom. The maximum atomic E-state index is 13.7. The van der Waals surface area contributed by atoms with Crippen LogP contribution in [-0.2, 0) is 6.18 Å². The van der Waals surface area contributed by atoms with Gasteiger partial charge in [-0.05, 0) is 49.4 Å². The molecule has 158 valence electrons. The molecule has 10 heteroatoms. The van der Waals surface area contributed by atoms with E-state index in [1.807, 2.05) is 6.92 Å². The van der Waals surface area contributed by atoms with Gasteiger partial charge in [0.2, 0.25) is 5.82 Å². The summed E-state index contributed by atoms with van der Waals surface area (Å²) in [6, 6.07) is 14.2. The summed E-state index contributed by atoms with van der Waals surface area (Å²) in [7, 11) is 1.49. The van der Waals surface area contributed by atoms with E-state index in [1.54, 1.807) is 48.5 Å². The Kier molecular flexibility index (Phi) is 5.05. The highest BCUT2D eigenvalue weighted by Crippen LogP contribution is 2.32. The van der Waals surface area contributed by atoms with Gasteiger partial charge in [0.25, 0.3) is 11.7 Å². The summed E-state index contributed by atoms with van der Waals surface area (Å²) in [5, 5.41) is 6.31. The number of nitrogens with zero attached hydrogens (tertiary/aromatic N) is 4. The van der Waals surface area contributed by atoms with E-state index in [2.05, 4.69) is 20.4 Å². The Balaban J connectivity index is 1.76. The molecule has 1 N–H and O–H groups in total. The van der Waals surface area contributed by atoms with E-state index in [9.17, 15) is 18.0 Å². The van der Waals surface area contributed by atoms with Gasteiger partial charge in [-0.15, -0.1) is 5.10 Å². The molecule has 2 aromatic carbocycles. The molecule has 0 spiro atoms. The number of nitrogens with one attached hydrogen (secondary N) is 1. The quantitative estimate of drug-likeness (QED) is 0.523.